The highest BCUT2D eigenvalue weighted by Gasteiger charge is 2.09. The third-order valence-corrected chi connectivity index (χ3v) is 4.90. The van der Waals surface area contributed by atoms with Crippen molar-refractivity contribution in [2.24, 2.45) is 0 Å². The van der Waals surface area contributed by atoms with Crippen molar-refractivity contribution < 1.29 is 4.79 Å². The number of anilines is 3. The highest BCUT2D eigenvalue weighted by Crippen LogP contribution is 2.23. The zero-order valence-corrected chi connectivity index (χ0v) is 18.0. The minimum atomic E-state index is -0.0554. The Labute approximate surface area is 182 Å². The molecule has 164 valence electrons. The number of aromatic nitrogens is 3. The molecule has 9 heteroatoms. The molecule has 0 saturated heterocycles. The number of amides is 1. The Hall–Kier alpha value is -3.59. The third-order valence-electron chi connectivity index (χ3n) is 4.90. The number of pyridine rings is 1. The van der Waals surface area contributed by atoms with E-state index in [1.54, 1.807) is 12.3 Å². The van der Waals surface area contributed by atoms with Crippen LogP contribution in [0.2, 0.25) is 0 Å². The van der Waals surface area contributed by atoms with Crippen LogP contribution in [0.5, 0.6) is 0 Å². The summed E-state index contributed by atoms with van der Waals surface area (Å²) in [6, 6.07) is 9.29. The maximum Gasteiger partial charge on any atom is 0.251 e. The second-order valence-electron chi connectivity index (χ2n) is 7.84. The lowest BCUT2D eigenvalue weighted by atomic mass is 10.1. The number of nitrogen functional groups attached to an aromatic ring is 3. The predicted octanol–water partition coefficient (Wildman–Crippen LogP) is 1.35. The molecule has 2 aromatic heterocycles. The molecule has 0 aliphatic heterocycles. The minimum absolute atomic E-state index is 0.0554. The summed E-state index contributed by atoms with van der Waals surface area (Å²) < 4.78 is 1.84. The molecular formula is C22H30N8O. The van der Waals surface area contributed by atoms with Gasteiger partial charge in [-0.15, -0.1) is 0 Å². The van der Waals surface area contributed by atoms with Crippen LogP contribution in [0.15, 0.2) is 42.7 Å². The molecule has 0 unspecified atom stereocenters. The monoisotopic (exact) mass is 422 g/mol. The van der Waals surface area contributed by atoms with Crippen LogP contribution in [-0.2, 0) is 13.0 Å². The summed E-state index contributed by atoms with van der Waals surface area (Å²) in [6.45, 7) is 2.20. The summed E-state index contributed by atoms with van der Waals surface area (Å²) in [5, 5.41) is 7.36. The summed E-state index contributed by atoms with van der Waals surface area (Å²) in [5.41, 5.74) is 21.5. The lowest BCUT2D eigenvalue weighted by molar-refractivity contribution is 0.0952. The van der Waals surface area contributed by atoms with Crippen molar-refractivity contribution in [3.8, 4) is 0 Å². The number of hydrogen-bond acceptors (Lipinski definition) is 7. The van der Waals surface area contributed by atoms with Gasteiger partial charge in [0.15, 0.2) is 0 Å². The first-order valence-corrected chi connectivity index (χ1v) is 10.2. The smallest absolute Gasteiger partial charge is 0.251 e. The van der Waals surface area contributed by atoms with E-state index in [1.807, 2.05) is 49.2 Å². The maximum absolute atomic E-state index is 12.2. The summed E-state index contributed by atoms with van der Waals surface area (Å²) in [5.74, 6) is 0.528. The van der Waals surface area contributed by atoms with Crippen LogP contribution in [0.25, 0.3) is 0 Å². The Morgan fingerprint density at radius 1 is 1.13 bits per heavy atom. The molecule has 0 aliphatic carbocycles. The van der Waals surface area contributed by atoms with Crippen LogP contribution in [-0.4, -0.2) is 52.8 Å². The average Bonchev–Trinajstić information content (AvgIpc) is 3.16. The van der Waals surface area contributed by atoms with Gasteiger partial charge in [0.2, 0.25) is 0 Å². The van der Waals surface area contributed by atoms with Crippen molar-refractivity contribution in [3.05, 3.63) is 65.0 Å². The van der Waals surface area contributed by atoms with Gasteiger partial charge in [-0.3, -0.25) is 9.48 Å². The Morgan fingerprint density at radius 3 is 2.58 bits per heavy atom. The average molecular weight is 423 g/mol. The van der Waals surface area contributed by atoms with Gasteiger partial charge in [-0.1, -0.05) is 12.1 Å². The van der Waals surface area contributed by atoms with E-state index < -0.39 is 0 Å². The number of rotatable bonds is 9. The summed E-state index contributed by atoms with van der Waals surface area (Å²) in [7, 11) is 4.03. The molecule has 0 fully saturated rings. The number of nitrogens with two attached hydrogens (primary N) is 3. The molecular weight excluding hydrogens is 392 g/mol. The number of hydrogen-bond donors (Lipinski definition) is 4. The van der Waals surface area contributed by atoms with E-state index in [0.717, 1.165) is 29.7 Å². The second-order valence-corrected chi connectivity index (χ2v) is 7.84. The molecule has 3 aromatic rings. The zero-order valence-electron chi connectivity index (χ0n) is 18.0. The van der Waals surface area contributed by atoms with Gasteiger partial charge in [0.05, 0.1) is 18.4 Å². The van der Waals surface area contributed by atoms with Gasteiger partial charge < -0.3 is 27.4 Å². The molecule has 1 aromatic carbocycles. The molecule has 0 saturated carbocycles. The van der Waals surface area contributed by atoms with Crippen molar-refractivity contribution in [1.82, 2.24) is 25.0 Å². The fourth-order valence-corrected chi connectivity index (χ4v) is 3.25. The molecule has 0 radical (unpaired) electrons. The molecule has 7 N–H and O–H groups in total. The van der Waals surface area contributed by atoms with Gasteiger partial charge in [-0.2, -0.15) is 5.10 Å². The largest absolute Gasteiger partial charge is 0.396 e. The van der Waals surface area contributed by atoms with Gasteiger partial charge in [-0.25, -0.2) is 4.98 Å². The third kappa shape index (κ3) is 6.19. The van der Waals surface area contributed by atoms with Crippen molar-refractivity contribution in [2.75, 3.05) is 44.4 Å². The Kier molecular flexibility index (Phi) is 7.09. The highest BCUT2D eigenvalue weighted by molar-refractivity contribution is 5.94. The number of nitrogens with one attached hydrogen (secondary N) is 1. The van der Waals surface area contributed by atoms with Crippen molar-refractivity contribution in [2.45, 2.75) is 19.4 Å². The van der Waals surface area contributed by atoms with E-state index in [1.165, 1.54) is 0 Å². The molecule has 0 aliphatic rings. The second kappa shape index (κ2) is 9.94. The first-order chi connectivity index (χ1) is 14.8. The zero-order chi connectivity index (χ0) is 22.4. The van der Waals surface area contributed by atoms with Crippen LogP contribution in [0.3, 0.4) is 0 Å². The van der Waals surface area contributed by atoms with Crippen molar-refractivity contribution in [3.63, 3.8) is 0 Å². The number of nitrogens with zero attached hydrogens (tertiary/aromatic N) is 4. The Bertz CT molecular complexity index is 1030. The van der Waals surface area contributed by atoms with Crippen molar-refractivity contribution in [1.29, 1.82) is 0 Å². The molecule has 31 heavy (non-hydrogen) atoms. The van der Waals surface area contributed by atoms with E-state index >= 15 is 0 Å². The Morgan fingerprint density at radius 2 is 1.87 bits per heavy atom. The van der Waals surface area contributed by atoms with Gasteiger partial charge in [0, 0.05) is 24.7 Å². The molecule has 9 nitrogen and oxygen atoms in total. The first-order valence-electron chi connectivity index (χ1n) is 10.2. The lowest BCUT2D eigenvalue weighted by Crippen LogP contribution is -2.27. The number of carbonyl (C=O) groups is 1. The fourth-order valence-electron chi connectivity index (χ4n) is 3.25. The molecule has 2 heterocycles. The van der Waals surface area contributed by atoms with Crippen LogP contribution >= 0.6 is 0 Å². The molecule has 0 bridgehead atoms. The van der Waals surface area contributed by atoms with E-state index in [9.17, 15) is 4.79 Å². The highest BCUT2D eigenvalue weighted by atomic mass is 16.1. The summed E-state index contributed by atoms with van der Waals surface area (Å²) in [4.78, 5) is 18.3. The van der Waals surface area contributed by atoms with Crippen molar-refractivity contribution >= 4 is 23.2 Å². The first kappa shape index (κ1) is 22.1. The van der Waals surface area contributed by atoms with Crippen LogP contribution in [0.1, 0.15) is 33.5 Å². The van der Waals surface area contributed by atoms with Crippen LogP contribution in [0, 0.1) is 0 Å². The van der Waals surface area contributed by atoms with E-state index in [0.29, 0.717) is 36.6 Å². The quantitative estimate of drug-likeness (QED) is 0.381. The van der Waals surface area contributed by atoms with Crippen LogP contribution in [0.4, 0.5) is 17.3 Å². The molecule has 1 amide bonds. The van der Waals surface area contributed by atoms with Gasteiger partial charge >= 0.3 is 0 Å². The SMILES string of the molecule is CN(C)CCCNC(=O)c1ccc(Cn2cc(Cc3cc(N)nc(N)c3N)cn2)cc1. The van der Waals surface area contributed by atoms with E-state index in [4.69, 9.17) is 17.2 Å². The normalized spacial score (nSPS) is 11.1. The molecule has 3 rings (SSSR count). The fraction of sp³-hybridized carbons (Fsp3) is 0.318. The molecule has 0 spiro atoms. The standard InChI is InChI=1S/C22H30N8O/c1-29(2)9-3-8-26-22(31)17-6-4-15(5-7-17)13-30-14-16(12-27-30)10-18-11-19(23)28-21(25)20(18)24/h4-7,11-12,14H,3,8-10,13,24H2,1-2H3,(H,26,31)(H4,23,25,28). The van der Waals surface area contributed by atoms with Crippen LogP contribution < -0.4 is 22.5 Å². The number of carbonyl (C=O) groups excluding carboxylic acids is 1. The molecule has 0 atom stereocenters. The maximum atomic E-state index is 12.2. The Balaban J connectivity index is 1.56. The van der Waals surface area contributed by atoms with Gasteiger partial charge in [0.1, 0.15) is 11.6 Å². The minimum Gasteiger partial charge on any atom is -0.396 e. The van der Waals surface area contributed by atoms with E-state index in [2.05, 4.69) is 20.3 Å². The summed E-state index contributed by atoms with van der Waals surface area (Å²) in [6.07, 6.45) is 5.23. The lowest BCUT2D eigenvalue weighted by Gasteiger charge is -2.10. The van der Waals surface area contributed by atoms with Gasteiger partial charge in [0.25, 0.3) is 5.91 Å². The summed E-state index contributed by atoms with van der Waals surface area (Å²) >= 11 is 0. The topological polar surface area (TPSA) is 141 Å². The number of benzene rings is 1. The van der Waals surface area contributed by atoms with Gasteiger partial charge in [-0.05, 0) is 62.0 Å². The predicted molar refractivity (Wildman–Crippen MR) is 124 cm³/mol. The van der Waals surface area contributed by atoms with E-state index in [-0.39, 0.29) is 11.7 Å².